The summed E-state index contributed by atoms with van der Waals surface area (Å²) in [5.74, 6) is 0.208. The first kappa shape index (κ1) is 18.2. The van der Waals surface area contributed by atoms with Crippen LogP contribution < -0.4 is 5.32 Å². The van der Waals surface area contributed by atoms with Crippen molar-refractivity contribution in [1.82, 2.24) is 9.97 Å². The molecule has 0 radical (unpaired) electrons. The number of aliphatic hydroxyl groups is 2. The van der Waals surface area contributed by atoms with Crippen LogP contribution in [-0.4, -0.2) is 39.4 Å². The minimum Gasteiger partial charge on any atom is -0.394 e. The van der Waals surface area contributed by atoms with Crippen LogP contribution in [0, 0.1) is 5.82 Å². The highest BCUT2D eigenvalue weighted by atomic mass is 19.1. The van der Waals surface area contributed by atoms with Crippen LogP contribution in [0.3, 0.4) is 0 Å². The number of hydrogen-bond donors (Lipinski definition) is 3. The maximum Gasteiger partial charge on any atom is 0.223 e. The van der Waals surface area contributed by atoms with Crippen molar-refractivity contribution in [2.75, 3.05) is 18.5 Å². The van der Waals surface area contributed by atoms with Gasteiger partial charge >= 0.3 is 0 Å². The molecule has 0 spiro atoms. The molecule has 2 aromatic carbocycles. The van der Waals surface area contributed by atoms with Crippen molar-refractivity contribution < 1.29 is 14.6 Å². The van der Waals surface area contributed by atoms with Gasteiger partial charge in [-0.05, 0) is 29.5 Å². The molecule has 5 nitrogen and oxygen atoms in total. The van der Waals surface area contributed by atoms with Crippen LogP contribution in [0.4, 0.5) is 10.3 Å². The molecule has 0 aliphatic rings. The van der Waals surface area contributed by atoms with E-state index in [0.29, 0.717) is 17.0 Å². The summed E-state index contributed by atoms with van der Waals surface area (Å²) < 4.78 is 14.1. The molecule has 3 aromatic rings. The van der Waals surface area contributed by atoms with Gasteiger partial charge in [-0.1, -0.05) is 38.1 Å². The molecule has 26 heavy (non-hydrogen) atoms. The molecular formula is C20H22FN3O2. The van der Waals surface area contributed by atoms with Gasteiger partial charge in [-0.25, -0.2) is 14.4 Å². The van der Waals surface area contributed by atoms with E-state index in [1.54, 1.807) is 18.2 Å². The largest absolute Gasteiger partial charge is 0.394 e. The Balaban J connectivity index is 2.16. The van der Waals surface area contributed by atoms with Crippen LogP contribution in [0.5, 0.6) is 0 Å². The van der Waals surface area contributed by atoms with Gasteiger partial charge in [0.2, 0.25) is 5.95 Å². The number of nitrogens with zero attached hydrogens (tertiary/aromatic N) is 2. The molecule has 0 bridgehead atoms. The molecule has 0 aliphatic heterocycles. The summed E-state index contributed by atoms with van der Waals surface area (Å²) in [4.78, 5) is 9.01. The second-order valence-electron chi connectivity index (χ2n) is 6.50. The second-order valence-corrected chi connectivity index (χ2v) is 6.50. The molecule has 0 unspecified atom stereocenters. The van der Waals surface area contributed by atoms with Gasteiger partial charge in [-0.2, -0.15) is 0 Å². The standard InChI is InChI=1S/C20H22FN3O2/c1-12(2)18-9-19(24-20(23-18)22-13(10-25)11-26)16-7-8-17(21)15-6-4-3-5-14(15)16/h3-9,12-13,25-26H,10-11H2,1-2H3,(H,22,23,24). The Bertz CT molecular complexity index is 911. The first-order valence-corrected chi connectivity index (χ1v) is 8.58. The quantitative estimate of drug-likeness (QED) is 0.632. The van der Waals surface area contributed by atoms with Crippen molar-refractivity contribution in [3.63, 3.8) is 0 Å². The summed E-state index contributed by atoms with van der Waals surface area (Å²) >= 11 is 0. The van der Waals surface area contributed by atoms with Crippen LogP contribution in [-0.2, 0) is 0 Å². The Morgan fingerprint density at radius 3 is 2.35 bits per heavy atom. The number of benzene rings is 2. The molecule has 1 heterocycles. The van der Waals surface area contributed by atoms with Crippen LogP contribution in [0.25, 0.3) is 22.0 Å². The number of aromatic nitrogens is 2. The van der Waals surface area contributed by atoms with E-state index in [9.17, 15) is 14.6 Å². The molecule has 6 heteroatoms. The van der Waals surface area contributed by atoms with Crippen molar-refractivity contribution in [1.29, 1.82) is 0 Å². The predicted octanol–water partition coefficient (Wildman–Crippen LogP) is 3.32. The van der Waals surface area contributed by atoms with E-state index >= 15 is 0 Å². The van der Waals surface area contributed by atoms with Crippen molar-refractivity contribution in [3.05, 3.63) is 54.0 Å². The highest BCUT2D eigenvalue weighted by Crippen LogP contribution is 2.31. The Hall–Kier alpha value is -2.57. The first-order valence-electron chi connectivity index (χ1n) is 8.58. The highest BCUT2D eigenvalue weighted by Gasteiger charge is 2.15. The third-order valence-corrected chi connectivity index (χ3v) is 4.26. The fourth-order valence-corrected chi connectivity index (χ4v) is 2.78. The topological polar surface area (TPSA) is 78.3 Å². The third-order valence-electron chi connectivity index (χ3n) is 4.26. The number of hydrogen-bond acceptors (Lipinski definition) is 5. The first-order chi connectivity index (χ1) is 12.5. The summed E-state index contributed by atoms with van der Waals surface area (Å²) in [7, 11) is 0. The lowest BCUT2D eigenvalue weighted by Crippen LogP contribution is -2.29. The summed E-state index contributed by atoms with van der Waals surface area (Å²) in [6.45, 7) is 3.57. The fraction of sp³-hybridized carbons (Fsp3) is 0.300. The smallest absolute Gasteiger partial charge is 0.223 e. The van der Waals surface area contributed by atoms with Gasteiger partial charge in [-0.3, -0.25) is 0 Å². The molecule has 0 fully saturated rings. The average Bonchev–Trinajstić information content (AvgIpc) is 2.66. The summed E-state index contributed by atoms with van der Waals surface area (Å²) in [5.41, 5.74) is 2.29. The van der Waals surface area contributed by atoms with Crippen LogP contribution in [0.15, 0.2) is 42.5 Å². The van der Waals surface area contributed by atoms with E-state index in [0.717, 1.165) is 16.6 Å². The van der Waals surface area contributed by atoms with Gasteiger partial charge in [0.1, 0.15) is 5.82 Å². The number of fused-ring (bicyclic) bond motifs is 1. The molecule has 0 saturated carbocycles. The zero-order chi connectivity index (χ0) is 18.7. The monoisotopic (exact) mass is 355 g/mol. The van der Waals surface area contributed by atoms with Crippen LogP contribution in [0.1, 0.15) is 25.5 Å². The highest BCUT2D eigenvalue weighted by molar-refractivity contribution is 5.96. The lowest BCUT2D eigenvalue weighted by molar-refractivity contribution is 0.203. The molecule has 3 N–H and O–H groups in total. The fourth-order valence-electron chi connectivity index (χ4n) is 2.78. The molecular weight excluding hydrogens is 333 g/mol. The Labute approximate surface area is 151 Å². The minimum atomic E-state index is -0.546. The second kappa shape index (κ2) is 7.76. The third kappa shape index (κ3) is 3.66. The SMILES string of the molecule is CC(C)c1cc(-c2ccc(F)c3ccccc23)nc(NC(CO)CO)n1. The van der Waals surface area contributed by atoms with Crippen LogP contribution >= 0.6 is 0 Å². The predicted molar refractivity (Wildman–Crippen MR) is 101 cm³/mol. The molecule has 1 aromatic heterocycles. The number of halogens is 1. The van der Waals surface area contributed by atoms with Gasteiger partial charge in [0.05, 0.1) is 24.9 Å². The molecule has 0 atom stereocenters. The molecule has 0 amide bonds. The van der Waals surface area contributed by atoms with Gasteiger partial charge in [0, 0.05) is 16.6 Å². The maximum atomic E-state index is 14.1. The van der Waals surface area contributed by atoms with Crippen molar-refractivity contribution >= 4 is 16.7 Å². The van der Waals surface area contributed by atoms with E-state index in [1.807, 2.05) is 32.0 Å². The van der Waals surface area contributed by atoms with E-state index in [1.165, 1.54) is 6.07 Å². The average molecular weight is 355 g/mol. The summed E-state index contributed by atoms with van der Waals surface area (Å²) in [6.07, 6.45) is 0. The zero-order valence-corrected chi connectivity index (χ0v) is 14.8. The van der Waals surface area contributed by atoms with Gasteiger partial charge < -0.3 is 15.5 Å². The molecule has 0 aliphatic carbocycles. The lowest BCUT2D eigenvalue weighted by atomic mass is 10.00. The van der Waals surface area contributed by atoms with Crippen molar-refractivity contribution in [3.8, 4) is 11.3 Å². The van der Waals surface area contributed by atoms with Gasteiger partial charge in [0.15, 0.2) is 0 Å². The van der Waals surface area contributed by atoms with E-state index in [-0.39, 0.29) is 24.9 Å². The van der Waals surface area contributed by atoms with E-state index < -0.39 is 6.04 Å². The van der Waals surface area contributed by atoms with E-state index in [2.05, 4.69) is 15.3 Å². The minimum absolute atomic E-state index is 0.158. The Kier molecular flexibility index (Phi) is 5.44. The Morgan fingerprint density at radius 1 is 1.00 bits per heavy atom. The zero-order valence-electron chi connectivity index (χ0n) is 14.8. The molecule has 0 saturated heterocycles. The van der Waals surface area contributed by atoms with Crippen molar-refractivity contribution in [2.24, 2.45) is 0 Å². The van der Waals surface area contributed by atoms with E-state index in [4.69, 9.17) is 0 Å². The number of nitrogens with one attached hydrogen (secondary N) is 1. The van der Waals surface area contributed by atoms with Crippen molar-refractivity contribution in [2.45, 2.75) is 25.8 Å². The summed E-state index contributed by atoms with van der Waals surface area (Å²) in [6, 6.07) is 11.8. The Morgan fingerprint density at radius 2 is 1.69 bits per heavy atom. The lowest BCUT2D eigenvalue weighted by Gasteiger charge is -2.16. The van der Waals surface area contributed by atoms with Gasteiger partial charge in [0.25, 0.3) is 0 Å². The number of aliphatic hydroxyl groups excluding tert-OH is 2. The van der Waals surface area contributed by atoms with Gasteiger partial charge in [-0.15, -0.1) is 0 Å². The molecule has 3 rings (SSSR count). The summed E-state index contributed by atoms with van der Waals surface area (Å²) in [5, 5.41) is 22.9. The molecule has 136 valence electrons. The van der Waals surface area contributed by atoms with Crippen LogP contribution in [0.2, 0.25) is 0 Å². The maximum absolute atomic E-state index is 14.1. The normalized spacial score (nSPS) is 11.5. The number of rotatable bonds is 6. The number of anilines is 1.